The van der Waals surface area contributed by atoms with Gasteiger partial charge >= 0.3 is 0 Å². The smallest absolute Gasteiger partial charge is 0.137 e. The Bertz CT molecular complexity index is 301. The van der Waals surface area contributed by atoms with Gasteiger partial charge in [-0.25, -0.2) is 4.98 Å². The van der Waals surface area contributed by atoms with Crippen LogP contribution in [0.5, 0.6) is 5.75 Å². The van der Waals surface area contributed by atoms with Crippen molar-refractivity contribution < 1.29 is 4.74 Å². The minimum absolute atomic E-state index is 0.263. The van der Waals surface area contributed by atoms with Gasteiger partial charge in [0, 0.05) is 13.1 Å². The molecular weight excluding hydrogens is 200 g/mol. The lowest BCUT2D eigenvalue weighted by Crippen LogP contribution is -2.20. The summed E-state index contributed by atoms with van der Waals surface area (Å²) < 4.78 is 5.05. The van der Waals surface area contributed by atoms with Gasteiger partial charge in [0.2, 0.25) is 0 Å². The first kappa shape index (κ1) is 9.59. The molecule has 1 aromatic heterocycles. The molecule has 14 heavy (non-hydrogen) atoms. The number of methoxy groups -OCH3 is 1. The minimum Gasteiger partial charge on any atom is -0.495 e. The predicted octanol–water partition coefficient (Wildman–Crippen LogP) is 1.91. The monoisotopic (exact) mass is 212 g/mol. The molecule has 0 aromatic carbocycles. The van der Waals surface area contributed by atoms with Crippen LogP contribution in [-0.4, -0.2) is 30.6 Å². The Morgan fingerprint density at radius 1 is 1.57 bits per heavy atom. The summed E-state index contributed by atoms with van der Waals surface area (Å²) in [6.07, 6.45) is 2.77. The van der Waals surface area contributed by atoms with E-state index >= 15 is 0 Å². The van der Waals surface area contributed by atoms with Gasteiger partial charge in [0.15, 0.2) is 0 Å². The fourth-order valence-corrected chi connectivity index (χ4v) is 1.87. The van der Waals surface area contributed by atoms with Crippen LogP contribution in [0, 0.1) is 0 Å². The first-order chi connectivity index (χ1) is 6.79. The number of ether oxygens (including phenoxy) is 1. The summed E-state index contributed by atoms with van der Waals surface area (Å²) in [5, 5.41) is 0.263. The number of aromatic nitrogens is 1. The van der Waals surface area contributed by atoms with Crippen LogP contribution in [0.2, 0.25) is 0 Å². The quantitative estimate of drug-likeness (QED) is 0.701. The number of pyridine rings is 1. The second-order valence-corrected chi connectivity index (χ2v) is 4.01. The molecule has 2 heterocycles. The lowest BCUT2D eigenvalue weighted by molar-refractivity contribution is 0.413. The van der Waals surface area contributed by atoms with Crippen molar-refractivity contribution in [2.24, 2.45) is 0 Å². The highest BCUT2D eigenvalue weighted by Gasteiger charge is 2.21. The number of anilines is 1. The van der Waals surface area contributed by atoms with Crippen molar-refractivity contribution in [1.29, 1.82) is 0 Å². The lowest BCUT2D eigenvalue weighted by Gasteiger charge is -2.16. The Hall–Kier alpha value is -0.960. The van der Waals surface area contributed by atoms with E-state index in [9.17, 15) is 0 Å². The molecule has 0 aliphatic carbocycles. The number of hydrogen-bond donors (Lipinski definition) is 0. The van der Waals surface area contributed by atoms with E-state index in [1.807, 2.05) is 12.1 Å². The molecule has 0 amide bonds. The highest BCUT2D eigenvalue weighted by atomic mass is 35.5. The van der Waals surface area contributed by atoms with Crippen molar-refractivity contribution in [2.45, 2.75) is 11.8 Å². The zero-order chi connectivity index (χ0) is 9.97. The van der Waals surface area contributed by atoms with Crippen LogP contribution in [0.1, 0.15) is 6.42 Å². The normalized spacial score (nSPS) is 21.3. The van der Waals surface area contributed by atoms with Crippen LogP contribution in [0.3, 0.4) is 0 Å². The van der Waals surface area contributed by atoms with Crippen LogP contribution < -0.4 is 9.64 Å². The summed E-state index contributed by atoms with van der Waals surface area (Å²) in [7, 11) is 1.64. The zero-order valence-electron chi connectivity index (χ0n) is 8.11. The molecule has 0 N–H and O–H groups in total. The van der Waals surface area contributed by atoms with E-state index in [-0.39, 0.29) is 5.38 Å². The van der Waals surface area contributed by atoms with Gasteiger partial charge in [0.25, 0.3) is 0 Å². The summed E-state index contributed by atoms with van der Waals surface area (Å²) in [5.74, 6) is 1.77. The van der Waals surface area contributed by atoms with Crippen LogP contribution in [-0.2, 0) is 0 Å². The maximum absolute atomic E-state index is 6.02. The van der Waals surface area contributed by atoms with Gasteiger partial charge in [-0.3, -0.25) is 0 Å². The maximum atomic E-state index is 6.02. The Morgan fingerprint density at radius 2 is 2.43 bits per heavy atom. The zero-order valence-corrected chi connectivity index (χ0v) is 8.87. The molecule has 0 spiro atoms. The highest BCUT2D eigenvalue weighted by Crippen LogP contribution is 2.22. The standard InChI is InChI=1S/C10H13ClN2O/c1-14-9-2-3-10(12-6-9)13-5-4-8(11)7-13/h2-3,6,8H,4-5,7H2,1H3. The molecule has 1 atom stereocenters. The molecule has 1 aliphatic rings. The predicted molar refractivity (Wildman–Crippen MR) is 57.3 cm³/mol. The Morgan fingerprint density at radius 3 is 2.93 bits per heavy atom. The van der Waals surface area contributed by atoms with Crippen molar-refractivity contribution >= 4 is 17.4 Å². The molecule has 2 rings (SSSR count). The van der Waals surface area contributed by atoms with Gasteiger partial charge in [-0.15, -0.1) is 11.6 Å². The van der Waals surface area contributed by atoms with Gasteiger partial charge in [-0.1, -0.05) is 0 Å². The third kappa shape index (κ3) is 1.93. The number of hydrogen-bond acceptors (Lipinski definition) is 3. The van der Waals surface area contributed by atoms with E-state index in [1.165, 1.54) is 0 Å². The molecule has 3 nitrogen and oxygen atoms in total. The van der Waals surface area contributed by atoms with Crippen LogP contribution >= 0.6 is 11.6 Å². The van der Waals surface area contributed by atoms with Gasteiger partial charge in [0.1, 0.15) is 11.6 Å². The second-order valence-electron chi connectivity index (χ2n) is 3.39. The van der Waals surface area contributed by atoms with Crippen molar-refractivity contribution in [3.05, 3.63) is 18.3 Å². The summed E-state index contributed by atoms with van der Waals surface area (Å²) in [6, 6.07) is 3.89. The van der Waals surface area contributed by atoms with E-state index < -0.39 is 0 Å². The molecule has 0 saturated carbocycles. The van der Waals surface area contributed by atoms with E-state index in [0.717, 1.165) is 31.1 Å². The fraction of sp³-hybridized carbons (Fsp3) is 0.500. The first-order valence-electron chi connectivity index (χ1n) is 4.68. The van der Waals surface area contributed by atoms with Gasteiger partial charge in [-0.05, 0) is 18.6 Å². The number of alkyl halides is 1. The molecule has 1 fully saturated rings. The fourth-order valence-electron chi connectivity index (χ4n) is 1.61. The third-order valence-electron chi connectivity index (χ3n) is 2.41. The summed E-state index contributed by atoms with van der Waals surface area (Å²) >= 11 is 6.02. The topological polar surface area (TPSA) is 25.4 Å². The molecule has 1 aliphatic heterocycles. The molecule has 1 unspecified atom stereocenters. The molecule has 1 aromatic rings. The van der Waals surface area contributed by atoms with Crippen LogP contribution in [0.4, 0.5) is 5.82 Å². The van der Waals surface area contributed by atoms with Crippen LogP contribution in [0.15, 0.2) is 18.3 Å². The van der Waals surface area contributed by atoms with Crippen LogP contribution in [0.25, 0.3) is 0 Å². The van der Waals surface area contributed by atoms with E-state index in [0.29, 0.717) is 0 Å². The summed E-state index contributed by atoms with van der Waals surface area (Å²) in [6.45, 7) is 1.88. The number of rotatable bonds is 2. The highest BCUT2D eigenvalue weighted by molar-refractivity contribution is 6.21. The average Bonchev–Trinajstić information content (AvgIpc) is 2.65. The molecule has 0 radical (unpaired) electrons. The first-order valence-corrected chi connectivity index (χ1v) is 5.12. The van der Waals surface area contributed by atoms with E-state index in [1.54, 1.807) is 13.3 Å². The Balaban J connectivity index is 2.09. The van der Waals surface area contributed by atoms with Gasteiger partial charge in [-0.2, -0.15) is 0 Å². The van der Waals surface area contributed by atoms with Crippen molar-refractivity contribution in [3.63, 3.8) is 0 Å². The van der Waals surface area contributed by atoms with Crippen molar-refractivity contribution in [2.75, 3.05) is 25.1 Å². The summed E-state index contributed by atoms with van der Waals surface area (Å²) in [4.78, 5) is 6.50. The van der Waals surface area contributed by atoms with Crippen molar-refractivity contribution in [1.82, 2.24) is 4.98 Å². The molecule has 0 bridgehead atoms. The SMILES string of the molecule is COc1ccc(N2CCC(Cl)C2)nc1. The Labute approximate surface area is 88.6 Å². The van der Waals surface area contributed by atoms with E-state index in [4.69, 9.17) is 16.3 Å². The summed E-state index contributed by atoms with van der Waals surface area (Å²) in [5.41, 5.74) is 0. The molecule has 1 saturated heterocycles. The minimum atomic E-state index is 0.263. The van der Waals surface area contributed by atoms with Crippen molar-refractivity contribution in [3.8, 4) is 5.75 Å². The largest absolute Gasteiger partial charge is 0.495 e. The third-order valence-corrected chi connectivity index (χ3v) is 2.77. The second kappa shape index (κ2) is 4.05. The van der Waals surface area contributed by atoms with Gasteiger partial charge in [0.05, 0.1) is 18.7 Å². The van der Waals surface area contributed by atoms with E-state index in [2.05, 4.69) is 9.88 Å². The lowest BCUT2D eigenvalue weighted by atomic mass is 10.4. The average molecular weight is 213 g/mol. The van der Waals surface area contributed by atoms with Gasteiger partial charge < -0.3 is 9.64 Å². The molecule has 76 valence electrons. The molecular formula is C10H13ClN2O. The Kier molecular flexibility index (Phi) is 2.77. The maximum Gasteiger partial charge on any atom is 0.137 e. The number of halogens is 1. The number of nitrogens with zero attached hydrogens (tertiary/aromatic N) is 2. The molecule has 4 heteroatoms.